The van der Waals surface area contributed by atoms with E-state index >= 15 is 0 Å². The molecule has 0 aromatic rings. The molecule has 20 heavy (non-hydrogen) atoms. The maximum atomic E-state index is 5.92. The molecule has 2 aliphatic rings. The van der Waals surface area contributed by atoms with Gasteiger partial charge in [0.1, 0.15) is 12.4 Å². The summed E-state index contributed by atoms with van der Waals surface area (Å²) in [6.45, 7) is 11.4. The molecule has 2 heteroatoms. The zero-order valence-corrected chi connectivity index (χ0v) is 13.5. The fourth-order valence-corrected chi connectivity index (χ4v) is 3.23. The molecule has 0 radical (unpaired) electrons. The summed E-state index contributed by atoms with van der Waals surface area (Å²) in [6, 6.07) is 0. The van der Waals surface area contributed by atoms with E-state index in [0.717, 1.165) is 37.2 Å². The van der Waals surface area contributed by atoms with Crippen molar-refractivity contribution in [3.8, 4) is 0 Å². The second kappa shape index (κ2) is 7.87. The van der Waals surface area contributed by atoms with Gasteiger partial charge in [-0.05, 0) is 55.7 Å². The lowest BCUT2D eigenvalue weighted by molar-refractivity contribution is 0.128. The summed E-state index contributed by atoms with van der Waals surface area (Å²) in [7, 11) is 0. The first-order valence-corrected chi connectivity index (χ1v) is 8.42. The highest BCUT2D eigenvalue weighted by atomic mass is 16.5. The molecular weight excluding hydrogens is 246 g/mol. The van der Waals surface area contributed by atoms with E-state index in [4.69, 9.17) is 4.74 Å². The highest BCUT2D eigenvalue weighted by Crippen LogP contribution is 2.26. The van der Waals surface area contributed by atoms with Crippen LogP contribution in [0.4, 0.5) is 0 Å². The van der Waals surface area contributed by atoms with Crippen molar-refractivity contribution in [2.24, 2.45) is 17.8 Å². The van der Waals surface area contributed by atoms with Crippen molar-refractivity contribution in [2.75, 3.05) is 26.2 Å². The Morgan fingerprint density at radius 1 is 1.45 bits per heavy atom. The third-order valence-electron chi connectivity index (χ3n) is 4.89. The minimum atomic E-state index is 0.704. The van der Waals surface area contributed by atoms with Crippen LogP contribution in [0, 0.1) is 17.8 Å². The van der Waals surface area contributed by atoms with Crippen LogP contribution in [-0.4, -0.2) is 31.1 Å². The predicted octanol–water partition coefficient (Wildman–Crippen LogP) is 4.24. The van der Waals surface area contributed by atoms with Crippen LogP contribution < -0.4 is 0 Å². The van der Waals surface area contributed by atoms with Crippen LogP contribution in [0.15, 0.2) is 24.0 Å². The Balaban J connectivity index is 1.65. The van der Waals surface area contributed by atoms with Gasteiger partial charge in [0.25, 0.3) is 0 Å². The molecule has 3 unspecified atom stereocenters. The third-order valence-corrected chi connectivity index (χ3v) is 4.89. The van der Waals surface area contributed by atoms with Crippen molar-refractivity contribution in [1.82, 2.24) is 4.90 Å². The maximum Gasteiger partial charge on any atom is 0.115 e. The first-order valence-electron chi connectivity index (χ1n) is 8.42. The van der Waals surface area contributed by atoms with Gasteiger partial charge < -0.3 is 4.74 Å². The summed E-state index contributed by atoms with van der Waals surface area (Å²) in [5, 5.41) is 0. The molecule has 1 aliphatic heterocycles. The fraction of sp³-hybridized carbons (Fsp3) is 0.778. The number of hydrogen-bond donors (Lipinski definition) is 0. The van der Waals surface area contributed by atoms with Gasteiger partial charge in [0.15, 0.2) is 0 Å². The Labute approximate surface area is 124 Å². The SMILES string of the molecule is CCC(C)C1C=CC(OCCN2CCCC(C)C2)=CC1. The average Bonchev–Trinajstić information content (AvgIpc) is 2.47. The molecule has 0 aromatic carbocycles. The molecule has 2 rings (SSSR count). The lowest BCUT2D eigenvalue weighted by atomic mass is 9.86. The van der Waals surface area contributed by atoms with Crippen LogP contribution in [0.3, 0.4) is 0 Å². The van der Waals surface area contributed by atoms with Gasteiger partial charge in [-0.1, -0.05) is 33.3 Å². The molecule has 1 saturated heterocycles. The number of piperidine rings is 1. The Morgan fingerprint density at radius 3 is 2.95 bits per heavy atom. The molecule has 1 heterocycles. The zero-order valence-electron chi connectivity index (χ0n) is 13.5. The van der Waals surface area contributed by atoms with E-state index in [-0.39, 0.29) is 0 Å². The van der Waals surface area contributed by atoms with Crippen molar-refractivity contribution in [3.05, 3.63) is 24.0 Å². The minimum absolute atomic E-state index is 0.704. The van der Waals surface area contributed by atoms with Crippen molar-refractivity contribution in [1.29, 1.82) is 0 Å². The van der Waals surface area contributed by atoms with Gasteiger partial charge in [0.2, 0.25) is 0 Å². The van der Waals surface area contributed by atoms with Crippen molar-refractivity contribution in [2.45, 2.75) is 46.5 Å². The van der Waals surface area contributed by atoms with Gasteiger partial charge in [-0.25, -0.2) is 0 Å². The van der Waals surface area contributed by atoms with Crippen molar-refractivity contribution in [3.63, 3.8) is 0 Å². The first-order chi connectivity index (χ1) is 9.69. The normalized spacial score (nSPS) is 29.1. The molecule has 2 nitrogen and oxygen atoms in total. The Bertz CT molecular complexity index is 347. The van der Waals surface area contributed by atoms with Crippen LogP contribution in [-0.2, 0) is 4.74 Å². The summed E-state index contributed by atoms with van der Waals surface area (Å²) < 4.78 is 5.92. The molecule has 0 saturated carbocycles. The van der Waals surface area contributed by atoms with Crippen LogP contribution >= 0.6 is 0 Å². The van der Waals surface area contributed by atoms with Crippen molar-refractivity contribution >= 4 is 0 Å². The van der Waals surface area contributed by atoms with Crippen LogP contribution in [0.1, 0.15) is 46.5 Å². The van der Waals surface area contributed by atoms with E-state index in [9.17, 15) is 0 Å². The quantitative estimate of drug-likeness (QED) is 0.720. The van der Waals surface area contributed by atoms with Crippen LogP contribution in [0.2, 0.25) is 0 Å². The first kappa shape index (κ1) is 15.6. The largest absolute Gasteiger partial charge is 0.493 e. The lowest BCUT2D eigenvalue weighted by Crippen LogP contribution is -2.36. The third kappa shape index (κ3) is 4.66. The molecule has 1 fully saturated rings. The second-order valence-electron chi connectivity index (χ2n) is 6.65. The zero-order chi connectivity index (χ0) is 14.4. The predicted molar refractivity (Wildman–Crippen MR) is 85.6 cm³/mol. The molecule has 0 spiro atoms. The summed E-state index contributed by atoms with van der Waals surface area (Å²) in [5.74, 6) is 3.41. The number of allylic oxidation sites excluding steroid dienone is 3. The van der Waals surface area contributed by atoms with E-state index in [1.165, 1.54) is 32.4 Å². The molecule has 0 bridgehead atoms. The summed E-state index contributed by atoms with van der Waals surface area (Å²) >= 11 is 0. The molecule has 114 valence electrons. The van der Waals surface area contributed by atoms with Gasteiger partial charge in [-0.15, -0.1) is 0 Å². The minimum Gasteiger partial charge on any atom is -0.493 e. The molecule has 0 N–H and O–H groups in total. The van der Waals surface area contributed by atoms with Gasteiger partial charge >= 0.3 is 0 Å². The Kier molecular flexibility index (Phi) is 6.15. The summed E-state index contributed by atoms with van der Waals surface area (Å²) in [6.07, 6.45) is 11.9. The topological polar surface area (TPSA) is 12.5 Å². The number of rotatable bonds is 6. The standard InChI is InChI=1S/C18H31NO/c1-4-16(3)17-7-9-18(10-8-17)20-13-12-19-11-5-6-15(2)14-19/h7,9-10,15-17H,4-6,8,11-14H2,1-3H3. The van der Waals surface area contributed by atoms with E-state index in [1.54, 1.807) is 0 Å². The van der Waals surface area contributed by atoms with E-state index in [0.29, 0.717) is 5.92 Å². The smallest absolute Gasteiger partial charge is 0.115 e. The lowest BCUT2D eigenvalue weighted by Gasteiger charge is -2.30. The fourth-order valence-electron chi connectivity index (χ4n) is 3.23. The van der Waals surface area contributed by atoms with Gasteiger partial charge in [0, 0.05) is 13.1 Å². The van der Waals surface area contributed by atoms with Crippen LogP contribution in [0.25, 0.3) is 0 Å². The van der Waals surface area contributed by atoms with Gasteiger partial charge in [-0.2, -0.15) is 0 Å². The summed E-state index contributed by atoms with van der Waals surface area (Å²) in [5.41, 5.74) is 0. The molecule has 1 aliphatic carbocycles. The summed E-state index contributed by atoms with van der Waals surface area (Å²) in [4.78, 5) is 2.54. The van der Waals surface area contributed by atoms with E-state index in [2.05, 4.69) is 43.9 Å². The highest BCUT2D eigenvalue weighted by molar-refractivity contribution is 5.18. The molecular formula is C18H31NO. The van der Waals surface area contributed by atoms with E-state index in [1.807, 2.05) is 0 Å². The van der Waals surface area contributed by atoms with Gasteiger partial charge in [-0.3, -0.25) is 4.90 Å². The maximum absolute atomic E-state index is 5.92. The number of hydrogen-bond acceptors (Lipinski definition) is 2. The molecule has 0 amide bonds. The Hall–Kier alpha value is -0.760. The number of nitrogens with zero attached hydrogens (tertiary/aromatic N) is 1. The van der Waals surface area contributed by atoms with Crippen molar-refractivity contribution < 1.29 is 4.74 Å². The van der Waals surface area contributed by atoms with Gasteiger partial charge in [0.05, 0.1) is 0 Å². The Morgan fingerprint density at radius 2 is 2.30 bits per heavy atom. The number of ether oxygens (including phenoxy) is 1. The number of likely N-dealkylation sites (tertiary alicyclic amines) is 1. The average molecular weight is 277 g/mol. The second-order valence-corrected chi connectivity index (χ2v) is 6.65. The molecule has 0 aromatic heterocycles. The van der Waals surface area contributed by atoms with E-state index < -0.39 is 0 Å². The monoisotopic (exact) mass is 277 g/mol. The highest BCUT2D eigenvalue weighted by Gasteiger charge is 2.17. The van der Waals surface area contributed by atoms with Crippen LogP contribution in [0.5, 0.6) is 0 Å². The molecule has 3 atom stereocenters.